The lowest BCUT2D eigenvalue weighted by Gasteiger charge is -2.20. The zero-order valence-electron chi connectivity index (χ0n) is 18.6. The van der Waals surface area contributed by atoms with Gasteiger partial charge in [0, 0.05) is 9.13 Å². The molecule has 0 atom stereocenters. The maximum Gasteiger partial charge on any atom is 0.416 e. The molecule has 1 amide bonds. The quantitative estimate of drug-likeness (QED) is 0.215. The Labute approximate surface area is 228 Å². The predicted octanol–water partition coefficient (Wildman–Crippen LogP) is 4.19. The highest BCUT2D eigenvalue weighted by molar-refractivity contribution is 14.1. The number of anilines is 2. The Balaban J connectivity index is 1.63. The van der Waals surface area contributed by atoms with Crippen LogP contribution < -0.4 is 20.8 Å². The van der Waals surface area contributed by atoms with Gasteiger partial charge in [0.05, 0.1) is 23.5 Å². The normalized spacial score (nSPS) is 14.6. The van der Waals surface area contributed by atoms with E-state index in [1.54, 1.807) is 24.3 Å². The summed E-state index contributed by atoms with van der Waals surface area (Å²) in [6.45, 7) is -0.328. The largest absolute Gasteiger partial charge is 0.416 e. The minimum absolute atomic E-state index is 0.0677. The molecule has 0 aromatic heterocycles. The summed E-state index contributed by atoms with van der Waals surface area (Å²) in [6, 6.07) is 15.9. The van der Waals surface area contributed by atoms with Crippen molar-refractivity contribution in [3.63, 3.8) is 0 Å². The number of halogens is 4. The number of carbonyl (C=O) groups is 1. The van der Waals surface area contributed by atoms with E-state index in [9.17, 15) is 26.4 Å². The summed E-state index contributed by atoms with van der Waals surface area (Å²) in [4.78, 5) is 14.3. The Morgan fingerprint density at radius 1 is 1.08 bits per heavy atom. The number of fused-ring (bicyclic) bond motifs is 1. The lowest BCUT2D eigenvalue weighted by molar-refractivity contribution is -0.138. The number of sulfonamides is 1. The van der Waals surface area contributed by atoms with E-state index in [1.807, 2.05) is 22.6 Å². The van der Waals surface area contributed by atoms with Crippen LogP contribution in [0.1, 0.15) is 16.7 Å². The molecule has 4 N–H and O–H groups in total. The zero-order valence-corrected chi connectivity index (χ0v) is 22.4. The number of nitrogens with one attached hydrogen (secondary N) is 2. The highest BCUT2D eigenvalue weighted by Gasteiger charge is 2.38. The highest BCUT2D eigenvalue weighted by atomic mass is 127. The molecule has 0 saturated carbocycles. The fraction of sp³-hybridized carbons (Fsp3) is 0.0870. The molecule has 1 aliphatic heterocycles. The third-order valence-electron chi connectivity index (χ3n) is 5.31. The molecular weight excluding hydrogens is 642 g/mol. The fourth-order valence-corrected chi connectivity index (χ4v) is 5.07. The molecule has 192 valence electrons. The van der Waals surface area contributed by atoms with Gasteiger partial charge in [0.1, 0.15) is 4.90 Å². The van der Waals surface area contributed by atoms with Crippen LogP contribution in [0.4, 0.5) is 24.5 Å². The number of rotatable bonds is 5. The maximum atomic E-state index is 13.5. The summed E-state index contributed by atoms with van der Waals surface area (Å²) in [7, 11) is -4.04. The van der Waals surface area contributed by atoms with Crippen LogP contribution in [0, 0.1) is 3.57 Å². The predicted molar refractivity (Wildman–Crippen MR) is 146 cm³/mol. The number of primary sulfonamides is 1. The van der Waals surface area contributed by atoms with Gasteiger partial charge in [0.2, 0.25) is 10.0 Å². The summed E-state index contributed by atoms with van der Waals surface area (Å²) < 4.78 is 65.0. The molecule has 0 spiro atoms. The second kappa shape index (κ2) is 10.4. The Morgan fingerprint density at radius 2 is 1.76 bits per heavy atom. The van der Waals surface area contributed by atoms with E-state index in [1.165, 1.54) is 41.3 Å². The first-order chi connectivity index (χ1) is 17.4. The smallest absolute Gasteiger partial charge is 0.330 e. The molecule has 3 aromatic carbocycles. The molecule has 1 heterocycles. The molecule has 3 aromatic rings. The molecule has 8 nitrogen and oxygen atoms in total. The van der Waals surface area contributed by atoms with Gasteiger partial charge in [-0.25, -0.2) is 13.6 Å². The molecule has 14 heteroatoms. The Hall–Kier alpha value is -3.08. The van der Waals surface area contributed by atoms with E-state index in [4.69, 9.17) is 17.4 Å². The number of carbonyl (C=O) groups excluding carboxylic acids is 1. The monoisotopic (exact) mass is 659 g/mol. The average Bonchev–Trinajstić information content (AvgIpc) is 3.07. The number of nitrogens with zero attached hydrogens (tertiary/aromatic N) is 2. The van der Waals surface area contributed by atoms with E-state index in [0.29, 0.717) is 11.3 Å². The molecule has 0 radical (unpaired) electrons. The van der Waals surface area contributed by atoms with Crippen LogP contribution in [0.5, 0.6) is 0 Å². The fourth-order valence-electron chi connectivity index (χ4n) is 3.73. The van der Waals surface area contributed by atoms with Crippen LogP contribution in [0.3, 0.4) is 0 Å². The molecule has 0 aliphatic carbocycles. The van der Waals surface area contributed by atoms with Gasteiger partial charge in [-0.2, -0.15) is 18.3 Å². The van der Waals surface area contributed by atoms with E-state index >= 15 is 0 Å². The molecule has 37 heavy (non-hydrogen) atoms. The van der Waals surface area contributed by atoms with E-state index < -0.39 is 27.7 Å². The van der Waals surface area contributed by atoms with Crippen molar-refractivity contribution in [3.05, 3.63) is 87.0 Å². The van der Waals surface area contributed by atoms with Crippen LogP contribution >= 0.6 is 34.8 Å². The van der Waals surface area contributed by atoms with Crippen molar-refractivity contribution in [2.75, 3.05) is 10.2 Å². The van der Waals surface area contributed by atoms with Crippen molar-refractivity contribution < 1.29 is 26.4 Å². The second-order valence-electron chi connectivity index (χ2n) is 7.78. The highest BCUT2D eigenvalue weighted by Crippen LogP contribution is 2.36. The number of amides is 1. The van der Waals surface area contributed by atoms with Gasteiger partial charge < -0.3 is 10.2 Å². The summed E-state index contributed by atoms with van der Waals surface area (Å²) >= 11 is 7.24. The number of para-hydroxylation sites is 1. The molecule has 0 saturated heterocycles. The number of alkyl halides is 3. The lowest BCUT2D eigenvalue weighted by Crippen LogP contribution is -2.33. The van der Waals surface area contributed by atoms with Gasteiger partial charge in [-0.3, -0.25) is 10.2 Å². The number of thiocarbonyl (C=S) groups is 1. The number of nitrogens with two attached hydrogens (primary N) is 1. The van der Waals surface area contributed by atoms with Crippen LogP contribution in [0.25, 0.3) is 0 Å². The van der Waals surface area contributed by atoms with Gasteiger partial charge in [-0.15, -0.1) is 0 Å². The first-order valence-corrected chi connectivity index (χ1v) is 13.4. The van der Waals surface area contributed by atoms with Crippen LogP contribution in [0.15, 0.2) is 76.7 Å². The van der Waals surface area contributed by atoms with Crippen LogP contribution in [-0.4, -0.2) is 25.1 Å². The van der Waals surface area contributed by atoms with Gasteiger partial charge >= 0.3 is 6.18 Å². The Bertz CT molecular complexity index is 1540. The van der Waals surface area contributed by atoms with Gasteiger partial charge in [0.25, 0.3) is 5.91 Å². The molecule has 0 fully saturated rings. The van der Waals surface area contributed by atoms with E-state index in [2.05, 4.69) is 15.8 Å². The van der Waals surface area contributed by atoms with Crippen molar-refractivity contribution >= 4 is 72.9 Å². The van der Waals surface area contributed by atoms with E-state index in [0.717, 1.165) is 9.64 Å². The van der Waals surface area contributed by atoms with Crippen molar-refractivity contribution in [3.8, 4) is 0 Å². The van der Waals surface area contributed by atoms with Crippen molar-refractivity contribution in [2.24, 2.45) is 10.2 Å². The second-order valence-corrected chi connectivity index (χ2v) is 11.0. The average molecular weight is 659 g/mol. The van der Waals surface area contributed by atoms with E-state index in [-0.39, 0.29) is 33.5 Å². The number of hydrogen-bond acceptors (Lipinski definition) is 5. The standard InChI is InChI=1S/C23H17F3IN5O3S2/c24-23(25,26)16-6-2-1-5-13(16)12-32-18-10-9-14(27)11-15(18)20(21(32)33)30-31-22(36)29-17-7-3-4-8-19(17)37(28,34)35/h1-11H,12H2,(H2,28,34,35)(H2,29,31,36). The van der Waals surface area contributed by atoms with Gasteiger partial charge in [-0.1, -0.05) is 30.3 Å². The topological polar surface area (TPSA) is 117 Å². The third-order valence-corrected chi connectivity index (χ3v) is 7.15. The summed E-state index contributed by atoms with van der Waals surface area (Å²) in [5.41, 5.74) is 2.42. The summed E-state index contributed by atoms with van der Waals surface area (Å²) in [5, 5.41) is 11.9. The minimum atomic E-state index is -4.59. The van der Waals surface area contributed by atoms with Crippen molar-refractivity contribution in [2.45, 2.75) is 17.6 Å². The first-order valence-electron chi connectivity index (χ1n) is 10.4. The number of hydrogen-bond donors (Lipinski definition) is 3. The maximum absolute atomic E-state index is 13.5. The first kappa shape index (κ1) is 27.0. The summed E-state index contributed by atoms with van der Waals surface area (Å²) in [5.74, 6) is -0.630. The Kier molecular flexibility index (Phi) is 7.55. The number of hydrazone groups is 1. The molecule has 4 rings (SSSR count). The van der Waals surface area contributed by atoms with Crippen LogP contribution in [-0.2, 0) is 27.5 Å². The Morgan fingerprint density at radius 3 is 2.46 bits per heavy atom. The zero-order chi connectivity index (χ0) is 27.0. The van der Waals surface area contributed by atoms with Gasteiger partial charge in [-0.05, 0) is 76.8 Å². The van der Waals surface area contributed by atoms with Crippen molar-refractivity contribution in [1.29, 1.82) is 0 Å². The summed E-state index contributed by atoms with van der Waals surface area (Å²) in [6.07, 6.45) is -4.59. The van der Waals surface area contributed by atoms with Crippen LogP contribution in [0.2, 0.25) is 0 Å². The van der Waals surface area contributed by atoms with Gasteiger partial charge in [0.15, 0.2) is 10.8 Å². The molecule has 0 bridgehead atoms. The van der Waals surface area contributed by atoms with Crippen molar-refractivity contribution in [1.82, 2.24) is 5.43 Å². The SMILES string of the molecule is NS(=O)(=O)c1ccccc1NC(=S)NN=C1C(=O)N(Cc2ccccc2C(F)(F)F)c2ccc(I)cc21. The third kappa shape index (κ3) is 5.92. The number of benzene rings is 3. The lowest BCUT2D eigenvalue weighted by atomic mass is 10.1. The minimum Gasteiger partial charge on any atom is -0.330 e. The molecule has 1 aliphatic rings. The molecule has 0 unspecified atom stereocenters. The molecular formula is C23H17F3IN5O3S2.